The van der Waals surface area contributed by atoms with Crippen LogP contribution in [-0.2, 0) is 32.0 Å². The fraction of sp³-hybridized carbons (Fsp3) is 0.462. The largest absolute Gasteiger partial charge is 0.755 e. The molecule has 1 saturated carbocycles. The number of anilines is 3. The molecule has 3 atom stereocenters. The molecule has 1 aromatic carbocycles. The number of nitrogens with two attached hydrogens (primary N) is 1. The third kappa shape index (κ3) is 5.69. The first kappa shape index (κ1) is 28.1. The first-order valence-electron chi connectivity index (χ1n) is 12.9. The molecular formula is C26H31N6O6S2-. The van der Waals surface area contributed by atoms with E-state index in [2.05, 4.69) is 9.97 Å². The van der Waals surface area contributed by atoms with Gasteiger partial charge in [-0.05, 0) is 54.3 Å². The highest BCUT2D eigenvalue weighted by Crippen LogP contribution is 2.36. The molecule has 1 unspecified atom stereocenters. The van der Waals surface area contributed by atoms with Gasteiger partial charge in [0.1, 0.15) is 28.7 Å². The summed E-state index contributed by atoms with van der Waals surface area (Å²) in [6.07, 6.45) is 5.38. The number of carbonyl (C=O) groups is 2. The van der Waals surface area contributed by atoms with Crippen LogP contribution in [-0.4, -0.2) is 81.9 Å². The van der Waals surface area contributed by atoms with E-state index in [0.29, 0.717) is 45.2 Å². The van der Waals surface area contributed by atoms with Crippen molar-refractivity contribution < 1.29 is 27.8 Å². The highest BCUT2D eigenvalue weighted by molar-refractivity contribution is 7.81. The number of amides is 1. The number of fused-ring (bicyclic) bond motifs is 1. The van der Waals surface area contributed by atoms with E-state index >= 15 is 0 Å². The number of likely N-dealkylation sites (tertiary alicyclic amines) is 1. The van der Waals surface area contributed by atoms with Crippen molar-refractivity contribution in [3.63, 3.8) is 0 Å². The second-order valence-electron chi connectivity index (χ2n) is 10.1. The second-order valence-corrected chi connectivity index (χ2v) is 11.9. The highest BCUT2D eigenvalue weighted by Gasteiger charge is 2.44. The van der Waals surface area contributed by atoms with Crippen molar-refractivity contribution in [1.29, 1.82) is 0 Å². The normalized spacial score (nSPS) is 18.6. The van der Waals surface area contributed by atoms with Crippen LogP contribution < -0.4 is 19.7 Å². The maximum atomic E-state index is 13.8. The zero-order valence-electron chi connectivity index (χ0n) is 22.4. The lowest BCUT2D eigenvalue weighted by molar-refractivity contribution is -0.154. The van der Waals surface area contributed by atoms with Gasteiger partial charge in [-0.1, -0.05) is 11.3 Å². The Kier molecular flexibility index (Phi) is 8.10. The molecule has 0 radical (unpaired) electrons. The van der Waals surface area contributed by atoms with Gasteiger partial charge in [-0.15, -0.1) is 0 Å². The van der Waals surface area contributed by atoms with E-state index in [-0.39, 0.29) is 19.4 Å². The summed E-state index contributed by atoms with van der Waals surface area (Å²) in [4.78, 5) is 38.8. The summed E-state index contributed by atoms with van der Waals surface area (Å²) in [5, 5.41) is 2.46. The molecule has 1 aliphatic carbocycles. The summed E-state index contributed by atoms with van der Waals surface area (Å²) in [6, 6.07) is 3.47. The van der Waals surface area contributed by atoms with Gasteiger partial charge in [-0.25, -0.2) is 14.8 Å². The molecule has 0 bridgehead atoms. The number of hydrogen-bond acceptors (Lipinski definition) is 11. The van der Waals surface area contributed by atoms with Crippen LogP contribution in [0.15, 0.2) is 30.6 Å². The Bertz CT molecular complexity index is 1440. The number of carbonyl (C=O) groups excluding carboxylic acids is 2. The number of thiazole rings is 1. The number of nitrogen functional groups attached to an aromatic ring is 1. The Morgan fingerprint density at radius 1 is 1.30 bits per heavy atom. The van der Waals surface area contributed by atoms with E-state index in [4.69, 9.17) is 15.2 Å². The fourth-order valence-corrected chi connectivity index (χ4v) is 6.53. The molecular weight excluding hydrogens is 556 g/mol. The summed E-state index contributed by atoms with van der Waals surface area (Å²) >= 11 is -1.57. The lowest BCUT2D eigenvalue weighted by atomic mass is 10.00. The number of ether oxygens (including phenoxy) is 2. The van der Waals surface area contributed by atoms with Gasteiger partial charge in [0.25, 0.3) is 0 Å². The molecule has 1 aliphatic heterocycles. The van der Waals surface area contributed by atoms with E-state index in [1.54, 1.807) is 31.3 Å². The van der Waals surface area contributed by atoms with Gasteiger partial charge in [0.2, 0.25) is 5.91 Å². The molecule has 2 aromatic heterocycles. The molecule has 0 spiro atoms. The Balaban J connectivity index is 1.45. The SMILES string of the molecule is COc1cc2c(N)nccc2cc1C[C@H](C(=O)OCC1CC1)N1CC[C@H](N(c2cnc(N(C)C)s2)S(=O)[O-])C1=O. The first-order chi connectivity index (χ1) is 19.2. The third-order valence-electron chi connectivity index (χ3n) is 7.15. The minimum absolute atomic E-state index is 0.120. The van der Waals surface area contributed by atoms with E-state index in [9.17, 15) is 18.4 Å². The standard InChI is InChI=1S/C26H32N6O6S2/c1-30(2)26-29-13-22(39-26)32(40(35)36)19-7-9-31(24(19)33)20(25(34)38-14-15-4-5-15)11-17-10-16-6-8-28-23(27)18(16)12-21(17)37-3/h6,8,10,12-13,15,19-20H,4-5,7,9,11,14H2,1-3H3,(H2,27,28)(H,35,36)/p-1/t19-,20+/m0/s1. The molecule has 214 valence electrons. The van der Waals surface area contributed by atoms with Crippen LogP contribution in [0.25, 0.3) is 10.8 Å². The molecule has 5 rings (SSSR count). The molecule has 12 nitrogen and oxygen atoms in total. The number of methoxy groups -OCH3 is 1. The number of benzene rings is 1. The van der Waals surface area contributed by atoms with Gasteiger partial charge in [0, 0.05) is 49.9 Å². The number of hydrogen-bond donors (Lipinski definition) is 1. The van der Waals surface area contributed by atoms with Gasteiger partial charge in [-0.3, -0.25) is 13.3 Å². The third-order valence-corrected chi connectivity index (χ3v) is 9.20. The zero-order chi connectivity index (χ0) is 28.6. The van der Waals surface area contributed by atoms with Gasteiger partial charge >= 0.3 is 5.97 Å². The number of rotatable bonds is 11. The molecule has 3 heterocycles. The number of nitrogens with zero attached hydrogens (tertiary/aromatic N) is 5. The smallest absolute Gasteiger partial charge is 0.329 e. The number of esters is 1. The van der Waals surface area contributed by atoms with Crippen LogP contribution >= 0.6 is 11.3 Å². The minimum Gasteiger partial charge on any atom is -0.755 e. The summed E-state index contributed by atoms with van der Waals surface area (Å²) in [6.45, 7) is 0.481. The van der Waals surface area contributed by atoms with Gasteiger partial charge < -0.3 is 29.6 Å². The molecule has 2 aliphatic rings. The van der Waals surface area contributed by atoms with Crippen LogP contribution in [0.2, 0.25) is 0 Å². The molecule has 3 aromatic rings. The van der Waals surface area contributed by atoms with Crippen molar-refractivity contribution in [2.24, 2.45) is 5.92 Å². The van der Waals surface area contributed by atoms with Crippen molar-refractivity contribution in [2.75, 3.05) is 49.3 Å². The molecule has 40 heavy (non-hydrogen) atoms. The number of pyridine rings is 1. The average Bonchev–Trinajstić information content (AvgIpc) is 3.51. The maximum Gasteiger partial charge on any atom is 0.329 e. The summed E-state index contributed by atoms with van der Waals surface area (Å²) < 4.78 is 37.0. The average molecular weight is 588 g/mol. The summed E-state index contributed by atoms with van der Waals surface area (Å²) in [5.74, 6) is 0.198. The topological polar surface area (TPSA) is 154 Å². The van der Waals surface area contributed by atoms with Crippen molar-refractivity contribution >= 4 is 61.2 Å². The van der Waals surface area contributed by atoms with E-state index in [0.717, 1.165) is 33.9 Å². The van der Waals surface area contributed by atoms with Crippen molar-refractivity contribution in [3.05, 3.63) is 36.2 Å². The minimum atomic E-state index is -2.73. The molecule has 1 amide bonds. The van der Waals surface area contributed by atoms with Crippen LogP contribution in [0, 0.1) is 5.92 Å². The Hall–Kier alpha value is -3.49. The Labute approximate surface area is 238 Å². The molecule has 1 saturated heterocycles. The van der Waals surface area contributed by atoms with E-state index in [1.165, 1.54) is 18.2 Å². The Morgan fingerprint density at radius 3 is 2.73 bits per heavy atom. The first-order valence-corrected chi connectivity index (χ1v) is 14.7. The molecule has 2 fully saturated rings. The zero-order valence-corrected chi connectivity index (χ0v) is 24.1. The maximum absolute atomic E-state index is 13.8. The van der Waals surface area contributed by atoms with Gasteiger partial charge in [0.15, 0.2) is 5.13 Å². The Morgan fingerprint density at radius 2 is 2.08 bits per heavy atom. The predicted octanol–water partition coefficient (Wildman–Crippen LogP) is 2.11. The predicted molar refractivity (Wildman–Crippen MR) is 152 cm³/mol. The van der Waals surface area contributed by atoms with Crippen molar-refractivity contribution in [1.82, 2.24) is 14.9 Å². The van der Waals surface area contributed by atoms with E-state index in [1.807, 2.05) is 12.1 Å². The summed E-state index contributed by atoms with van der Waals surface area (Å²) in [7, 11) is 5.12. The fourth-order valence-electron chi connectivity index (χ4n) is 4.84. The van der Waals surface area contributed by atoms with E-state index < -0.39 is 35.2 Å². The molecule has 14 heteroatoms. The summed E-state index contributed by atoms with van der Waals surface area (Å²) in [5.41, 5.74) is 6.74. The van der Waals surface area contributed by atoms with Gasteiger partial charge in [-0.2, -0.15) is 0 Å². The van der Waals surface area contributed by atoms with Crippen LogP contribution in [0.4, 0.5) is 16.0 Å². The van der Waals surface area contributed by atoms with Crippen LogP contribution in [0.5, 0.6) is 5.75 Å². The van der Waals surface area contributed by atoms with Crippen molar-refractivity contribution in [2.45, 2.75) is 37.8 Å². The van der Waals surface area contributed by atoms with Crippen LogP contribution in [0.3, 0.4) is 0 Å². The quantitative estimate of drug-likeness (QED) is 0.261. The lowest BCUT2D eigenvalue weighted by Gasteiger charge is -2.31. The monoisotopic (exact) mass is 587 g/mol. The van der Waals surface area contributed by atoms with Crippen molar-refractivity contribution in [3.8, 4) is 5.75 Å². The molecule has 2 N–H and O–H groups in total. The van der Waals surface area contributed by atoms with Crippen LogP contribution in [0.1, 0.15) is 24.8 Å². The number of aromatic nitrogens is 2. The lowest BCUT2D eigenvalue weighted by Crippen LogP contribution is -2.49. The highest BCUT2D eigenvalue weighted by atomic mass is 32.2. The van der Waals surface area contributed by atoms with Gasteiger partial charge in [0.05, 0.1) is 19.9 Å². The second kappa shape index (κ2) is 11.6.